The molecule has 1 fully saturated rings. The Labute approximate surface area is 191 Å². The van der Waals surface area contributed by atoms with Crippen LogP contribution in [0.5, 0.6) is 5.75 Å². The van der Waals surface area contributed by atoms with E-state index in [4.69, 9.17) is 16.3 Å². The quantitative estimate of drug-likeness (QED) is 0.479. The number of fused-ring (bicyclic) bond motifs is 1. The van der Waals surface area contributed by atoms with Crippen molar-refractivity contribution in [1.29, 1.82) is 0 Å². The second-order valence-electron chi connectivity index (χ2n) is 7.71. The van der Waals surface area contributed by atoms with E-state index >= 15 is 0 Å². The molecule has 3 aromatic rings. The lowest BCUT2D eigenvalue weighted by Crippen LogP contribution is -2.49. The van der Waals surface area contributed by atoms with Gasteiger partial charge >= 0.3 is 0 Å². The number of rotatable bonds is 7. The second kappa shape index (κ2) is 9.83. The summed E-state index contributed by atoms with van der Waals surface area (Å²) in [5.41, 5.74) is 1.01. The van der Waals surface area contributed by atoms with Crippen LogP contribution in [0.15, 0.2) is 30.6 Å². The molecule has 0 saturated carbocycles. The summed E-state index contributed by atoms with van der Waals surface area (Å²) in [7, 11) is 0. The third-order valence-electron chi connectivity index (χ3n) is 5.57. The number of hydrogen-bond donors (Lipinski definition) is 0. The number of benzene rings is 1. The molecule has 1 aromatic carbocycles. The van der Waals surface area contributed by atoms with Gasteiger partial charge in [0.25, 0.3) is 0 Å². The lowest BCUT2D eigenvalue weighted by atomic mass is 10.2. The molecule has 31 heavy (non-hydrogen) atoms. The van der Waals surface area contributed by atoms with E-state index in [-0.39, 0.29) is 5.91 Å². The number of thiophene rings is 1. The highest BCUT2D eigenvalue weighted by Crippen LogP contribution is 2.31. The van der Waals surface area contributed by atoms with Crippen LogP contribution in [0.4, 0.5) is 5.82 Å². The van der Waals surface area contributed by atoms with Gasteiger partial charge in [-0.05, 0) is 49.6 Å². The average Bonchev–Trinajstić information content (AvgIpc) is 3.21. The van der Waals surface area contributed by atoms with Crippen LogP contribution < -0.4 is 9.64 Å². The van der Waals surface area contributed by atoms with Gasteiger partial charge in [-0.3, -0.25) is 4.79 Å². The van der Waals surface area contributed by atoms with Gasteiger partial charge in [0, 0.05) is 42.5 Å². The number of carbonyl (C=O) groups is 1. The van der Waals surface area contributed by atoms with E-state index in [9.17, 15) is 4.79 Å². The lowest BCUT2D eigenvalue weighted by Gasteiger charge is -2.35. The highest BCUT2D eigenvalue weighted by Gasteiger charge is 2.23. The molecule has 1 aliphatic rings. The monoisotopic (exact) mass is 458 g/mol. The molecule has 0 unspecified atom stereocenters. The first-order valence-corrected chi connectivity index (χ1v) is 11.9. The summed E-state index contributed by atoms with van der Waals surface area (Å²) < 4.78 is 5.81. The van der Waals surface area contributed by atoms with E-state index in [0.717, 1.165) is 46.9 Å². The van der Waals surface area contributed by atoms with Crippen molar-refractivity contribution < 1.29 is 9.53 Å². The lowest BCUT2D eigenvalue weighted by molar-refractivity contribution is -0.131. The molecule has 164 valence electrons. The summed E-state index contributed by atoms with van der Waals surface area (Å²) in [5, 5.41) is 1.82. The molecule has 8 heteroatoms. The predicted octanol–water partition coefficient (Wildman–Crippen LogP) is 4.72. The third kappa shape index (κ3) is 5.10. The summed E-state index contributed by atoms with van der Waals surface area (Å²) in [6, 6.07) is 7.78. The largest absolute Gasteiger partial charge is 0.493 e. The van der Waals surface area contributed by atoms with Crippen molar-refractivity contribution in [3.8, 4) is 5.75 Å². The molecular formula is C23H27ClN4O2S. The Morgan fingerprint density at radius 3 is 2.74 bits per heavy atom. The number of halogens is 1. The standard InChI is InChI=1S/C23H27ClN4O2S/c1-3-18-14-19-22(25-15-26-23(19)31-18)28-10-8-27(9-11-28)21(29)5-4-12-30-20-7-6-17(24)13-16(20)2/h6-7,13-15H,3-5,8-12H2,1-2H3. The van der Waals surface area contributed by atoms with Crippen LogP contribution in [0.3, 0.4) is 0 Å². The highest BCUT2D eigenvalue weighted by atomic mass is 35.5. The maximum Gasteiger partial charge on any atom is 0.222 e. The number of ether oxygens (including phenoxy) is 1. The molecule has 6 nitrogen and oxygen atoms in total. The summed E-state index contributed by atoms with van der Waals surface area (Å²) in [4.78, 5) is 28.2. The van der Waals surface area contributed by atoms with Crippen molar-refractivity contribution in [2.24, 2.45) is 0 Å². The van der Waals surface area contributed by atoms with Crippen LogP contribution in [0.1, 0.15) is 30.2 Å². The van der Waals surface area contributed by atoms with Crippen LogP contribution >= 0.6 is 22.9 Å². The zero-order chi connectivity index (χ0) is 21.8. The van der Waals surface area contributed by atoms with Crippen molar-refractivity contribution in [1.82, 2.24) is 14.9 Å². The van der Waals surface area contributed by atoms with E-state index in [1.807, 2.05) is 30.0 Å². The maximum absolute atomic E-state index is 12.6. The summed E-state index contributed by atoms with van der Waals surface area (Å²) in [6.07, 6.45) is 3.84. The van der Waals surface area contributed by atoms with Gasteiger partial charge in [0.1, 0.15) is 22.7 Å². The topological polar surface area (TPSA) is 58.6 Å². The Bertz CT molecular complexity index is 1060. The molecule has 0 N–H and O–H groups in total. The van der Waals surface area contributed by atoms with Crippen molar-refractivity contribution in [3.05, 3.63) is 46.1 Å². The fourth-order valence-corrected chi connectivity index (χ4v) is 4.98. The van der Waals surface area contributed by atoms with Crippen LogP contribution in [0, 0.1) is 6.92 Å². The average molecular weight is 459 g/mol. The number of aromatic nitrogens is 2. The normalized spacial score (nSPS) is 14.3. The van der Waals surface area contributed by atoms with Gasteiger partial charge in [-0.15, -0.1) is 11.3 Å². The van der Waals surface area contributed by atoms with Gasteiger partial charge in [0.15, 0.2) is 0 Å². The minimum absolute atomic E-state index is 0.188. The highest BCUT2D eigenvalue weighted by molar-refractivity contribution is 7.18. The Morgan fingerprint density at radius 2 is 2.00 bits per heavy atom. The van der Waals surface area contributed by atoms with Crippen molar-refractivity contribution >= 4 is 44.9 Å². The van der Waals surface area contributed by atoms with Crippen LogP contribution in [-0.2, 0) is 11.2 Å². The van der Waals surface area contributed by atoms with E-state index < -0.39 is 0 Å². The summed E-state index contributed by atoms with van der Waals surface area (Å²) in [5.74, 6) is 1.99. The SMILES string of the molecule is CCc1cc2c(N3CCN(C(=O)CCCOc4ccc(Cl)cc4C)CC3)ncnc2s1. The van der Waals surface area contributed by atoms with E-state index in [0.29, 0.717) is 37.6 Å². The first-order valence-electron chi connectivity index (χ1n) is 10.7. The Balaban J connectivity index is 1.26. The summed E-state index contributed by atoms with van der Waals surface area (Å²) in [6.45, 7) is 7.65. The molecule has 1 amide bonds. The number of carbonyl (C=O) groups excluding carboxylic acids is 1. The molecule has 0 radical (unpaired) electrons. The smallest absolute Gasteiger partial charge is 0.222 e. The van der Waals surface area contributed by atoms with Crippen LogP contribution in [0.2, 0.25) is 5.02 Å². The fraction of sp³-hybridized carbons (Fsp3) is 0.435. The molecule has 3 heterocycles. The van der Waals surface area contributed by atoms with E-state index in [1.165, 1.54) is 4.88 Å². The molecule has 0 atom stereocenters. The van der Waals surface area contributed by atoms with Gasteiger partial charge in [-0.2, -0.15) is 0 Å². The molecule has 1 aliphatic heterocycles. The van der Waals surface area contributed by atoms with Crippen molar-refractivity contribution in [3.63, 3.8) is 0 Å². The zero-order valence-electron chi connectivity index (χ0n) is 17.9. The third-order valence-corrected chi connectivity index (χ3v) is 6.99. The first-order chi connectivity index (χ1) is 15.0. The number of anilines is 1. The molecule has 2 aromatic heterocycles. The van der Waals surface area contributed by atoms with Gasteiger partial charge < -0.3 is 14.5 Å². The minimum Gasteiger partial charge on any atom is -0.493 e. The van der Waals surface area contributed by atoms with Crippen LogP contribution in [0.25, 0.3) is 10.2 Å². The number of aryl methyl sites for hydroxylation is 2. The van der Waals surface area contributed by atoms with Gasteiger partial charge in [0.05, 0.1) is 12.0 Å². The predicted molar refractivity (Wildman–Crippen MR) is 127 cm³/mol. The van der Waals surface area contributed by atoms with Gasteiger partial charge in [-0.1, -0.05) is 18.5 Å². The molecule has 0 aliphatic carbocycles. The number of piperazine rings is 1. The summed E-state index contributed by atoms with van der Waals surface area (Å²) >= 11 is 7.71. The Morgan fingerprint density at radius 1 is 1.19 bits per heavy atom. The maximum atomic E-state index is 12.6. The minimum atomic E-state index is 0.188. The van der Waals surface area contributed by atoms with E-state index in [2.05, 4.69) is 27.9 Å². The first kappa shape index (κ1) is 21.8. The zero-order valence-corrected chi connectivity index (χ0v) is 19.5. The van der Waals surface area contributed by atoms with Gasteiger partial charge in [0.2, 0.25) is 5.91 Å². The number of amides is 1. The molecule has 1 saturated heterocycles. The van der Waals surface area contributed by atoms with E-state index in [1.54, 1.807) is 17.7 Å². The molecule has 0 spiro atoms. The Kier molecular flexibility index (Phi) is 6.92. The number of hydrogen-bond acceptors (Lipinski definition) is 6. The second-order valence-corrected chi connectivity index (χ2v) is 9.26. The number of nitrogens with zero attached hydrogens (tertiary/aromatic N) is 4. The molecule has 4 rings (SSSR count). The van der Waals surface area contributed by atoms with Crippen molar-refractivity contribution in [2.75, 3.05) is 37.7 Å². The van der Waals surface area contributed by atoms with Crippen LogP contribution in [-0.4, -0.2) is 53.6 Å². The fourth-order valence-electron chi connectivity index (χ4n) is 3.83. The van der Waals surface area contributed by atoms with Crippen molar-refractivity contribution in [2.45, 2.75) is 33.1 Å². The molecular weight excluding hydrogens is 432 g/mol. The molecule has 0 bridgehead atoms. The Hall–Kier alpha value is -2.38. The van der Waals surface area contributed by atoms with Gasteiger partial charge in [-0.25, -0.2) is 9.97 Å².